The van der Waals surface area contributed by atoms with Crippen molar-refractivity contribution in [1.29, 1.82) is 0 Å². The van der Waals surface area contributed by atoms with Crippen molar-refractivity contribution in [2.75, 3.05) is 27.1 Å². The van der Waals surface area contributed by atoms with E-state index in [9.17, 15) is 4.79 Å². The maximum Gasteiger partial charge on any atom is 0.268 e. The average Bonchev–Trinajstić information content (AvgIpc) is 2.94. The summed E-state index contributed by atoms with van der Waals surface area (Å²) in [5, 5.41) is 0.433. The van der Waals surface area contributed by atoms with Gasteiger partial charge in [0, 0.05) is 28.2 Å². The quantitative estimate of drug-likeness (QED) is 0.295. The number of anilines is 1. The Balaban J connectivity index is 1.62. The van der Waals surface area contributed by atoms with Gasteiger partial charge in [-0.3, -0.25) is 4.79 Å². The molecule has 3 aromatic carbocycles. The van der Waals surface area contributed by atoms with E-state index in [0.29, 0.717) is 46.0 Å². The Labute approximate surface area is 227 Å². The van der Waals surface area contributed by atoms with E-state index in [1.165, 1.54) is 4.57 Å². The summed E-state index contributed by atoms with van der Waals surface area (Å²) >= 11 is 3.44. The van der Waals surface area contributed by atoms with Gasteiger partial charge in [0.05, 0.1) is 32.2 Å². The lowest BCUT2D eigenvalue weighted by molar-refractivity contribution is 0.324. The number of nitrogens with two attached hydrogens (primary N) is 1. The third kappa shape index (κ3) is 4.66. The SMILES string of the molecule is COc1cc(Cc2cnc(-n3c(-c4ccccc4)nc4ccc(Br)cc4c3=O)nc2N)cc(OC)c1OC. The van der Waals surface area contributed by atoms with Gasteiger partial charge in [0.2, 0.25) is 11.7 Å². The second-order valence-electron chi connectivity index (χ2n) is 8.39. The Kier molecular flexibility index (Phi) is 6.97. The van der Waals surface area contributed by atoms with E-state index in [2.05, 4.69) is 25.9 Å². The Hall–Kier alpha value is -4.44. The van der Waals surface area contributed by atoms with Crippen molar-refractivity contribution in [2.45, 2.75) is 6.42 Å². The third-order valence-corrected chi connectivity index (χ3v) is 6.56. The van der Waals surface area contributed by atoms with Crippen LogP contribution in [0.1, 0.15) is 11.1 Å². The second-order valence-corrected chi connectivity index (χ2v) is 9.31. The van der Waals surface area contributed by atoms with Crippen molar-refractivity contribution in [2.24, 2.45) is 0 Å². The first kappa shape index (κ1) is 25.2. The number of hydrogen-bond donors (Lipinski definition) is 1. The van der Waals surface area contributed by atoms with Crippen LogP contribution in [0.4, 0.5) is 5.82 Å². The highest BCUT2D eigenvalue weighted by Gasteiger charge is 2.19. The first-order valence-corrected chi connectivity index (χ1v) is 12.4. The number of halogens is 1. The molecular formula is C28H24BrN5O4. The summed E-state index contributed by atoms with van der Waals surface area (Å²) in [6, 6.07) is 18.5. The number of hydrogen-bond acceptors (Lipinski definition) is 8. The first-order valence-electron chi connectivity index (χ1n) is 11.6. The lowest BCUT2D eigenvalue weighted by atomic mass is 10.1. The molecule has 0 spiro atoms. The molecule has 9 nitrogen and oxygen atoms in total. The van der Waals surface area contributed by atoms with Crippen LogP contribution in [-0.4, -0.2) is 40.8 Å². The minimum atomic E-state index is -0.299. The number of benzene rings is 3. The topological polar surface area (TPSA) is 114 Å². The standard InChI is InChI=1S/C28H24BrN5O4/c1-36-22-12-16(13-23(37-2)24(22)38-3)11-18-15-31-28(33-25(18)30)34-26(17-7-5-4-6-8-17)32-21-10-9-19(29)14-20(21)27(34)35/h4-10,12-15H,11H2,1-3H3,(H2,30,31,33). The summed E-state index contributed by atoms with van der Waals surface area (Å²) in [5.41, 5.74) is 8.95. The average molecular weight is 574 g/mol. The molecule has 0 aliphatic rings. The molecule has 0 unspecified atom stereocenters. The van der Waals surface area contributed by atoms with Crippen molar-refractivity contribution < 1.29 is 14.2 Å². The molecule has 2 aromatic heterocycles. The number of rotatable bonds is 7. The highest BCUT2D eigenvalue weighted by atomic mass is 79.9. The summed E-state index contributed by atoms with van der Waals surface area (Å²) in [4.78, 5) is 27.5. The van der Waals surface area contributed by atoms with E-state index >= 15 is 0 Å². The molecule has 2 N–H and O–H groups in total. The van der Waals surface area contributed by atoms with Crippen LogP contribution >= 0.6 is 15.9 Å². The normalized spacial score (nSPS) is 10.9. The number of ether oxygens (including phenoxy) is 3. The van der Waals surface area contributed by atoms with Crippen LogP contribution in [0.2, 0.25) is 0 Å². The van der Waals surface area contributed by atoms with E-state index in [1.807, 2.05) is 48.5 Å². The zero-order chi connectivity index (χ0) is 26.8. The molecule has 0 amide bonds. The molecule has 38 heavy (non-hydrogen) atoms. The number of aromatic nitrogens is 4. The summed E-state index contributed by atoms with van der Waals surface area (Å²) < 4.78 is 18.5. The van der Waals surface area contributed by atoms with Gasteiger partial charge in [-0.05, 0) is 35.9 Å². The van der Waals surface area contributed by atoms with Crippen LogP contribution in [0.25, 0.3) is 28.2 Å². The van der Waals surface area contributed by atoms with Crippen LogP contribution < -0.4 is 25.5 Å². The zero-order valence-corrected chi connectivity index (χ0v) is 22.5. The predicted molar refractivity (Wildman–Crippen MR) is 149 cm³/mol. The molecule has 0 bridgehead atoms. The van der Waals surface area contributed by atoms with Crippen LogP contribution in [-0.2, 0) is 6.42 Å². The lowest BCUT2D eigenvalue weighted by Gasteiger charge is -2.15. The Morgan fingerprint density at radius 3 is 2.26 bits per heavy atom. The summed E-state index contributed by atoms with van der Waals surface area (Å²) in [6.07, 6.45) is 2.03. The monoisotopic (exact) mass is 573 g/mol. The smallest absolute Gasteiger partial charge is 0.268 e. The number of methoxy groups -OCH3 is 3. The fourth-order valence-corrected chi connectivity index (χ4v) is 4.60. The molecule has 0 aliphatic carbocycles. The molecule has 0 saturated carbocycles. The molecular weight excluding hydrogens is 550 g/mol. The molecule has 192 valence electrons. The van der Waals surface area contributed by atoms with Crippen LogP contribution in [0.3, 0.4) is 0 Å². The maximum atomic E-state index is 13.7. The van der Waals surface area contributed by atoms with Gasteiger partial charge in [0.1, 0.15) is 5.82 Å². The van der Waals surface area contributed by atoms with Crippen LogP contribution in [0.15, 0.2) is 76.1 Å². The molecule has 0 saturated heterocycles. The third-order valence-electron chi connectivity index (χ3n) is 6.07. The second kappa shape index (κ2) is 10.5. The Bertz CT molecular complexity index is 1680. The Morgan fingerprint density at radius 1 is 0.921 bits per heavy atom. The van der Waals surface area contributed by atoms with Crippen molar-refractivity contribution in [3.8, 4) is 34.6 Å². The van der Waals surface area contributed by atoms with Gasteiger partial charge >= 0.3 is 0 Å². The minimum absolute atomic E-state index is 0.134. The first-order chi connectivity index (χ1) is 18.4. The van der Waals surface area contributed by atoms with Crippen molar-refractivity contribution in [3.63, 3.8) is 0 Å². The fraction of sp³-hybridized carbons (Fsp3) is 0.143. The number of fused-ring (bicyclic) bond motifs is 1. The molecule has 0 radical (unpaired) electrons. The number of nitrogen functional groups attached to an aromatic ring is 1. The molecule has 5 aromatic rings. The van der Waals surface area contributed by atoms with Crippen LogP contribution in [0, 0.1) is 0 Å². The summed E-state index contributed by atoms with van der Waals surface area (Å²) in [6.45, 7) is 0. The Morgan fingerprint density at radius 2 is 1.63 bits per heavy atom. The van der Waals surface area contributed by atoms with Gasteiger partial charge in [-0.2, -0.15) is 4.98 Å². The summed E-state index contributed by atoms with van der Waals surface area (Å²) in [5.74, 6) is 2.36. The van der Waals surface area contributed by atoms with Gasteiger partial charge in [0.25, 0.3) is 5.56 Å². The van der Waals surface area contributed by atoms with Gasteiger partial charge in [-0.1, -0.05) is 46.3 Å². The predicted octanol–water partition coefficient (Wildman–Crippen LogP) is 4.80. The molecule has 0 fully saturated rings. The number of nitrogens with zero attached hydrogens (tertiary/aromatic N) is 4. The molecule has 2 heterocycles. The highest BCUT2D eigenvalue weighted by Crippen LogP contribution is 2.39. The molecule has 10 heteroatoms. The fourth-order valence-electron chi connectivity index (χ4n) is 4.24. The summed E-state index contributed by atoms with van der Waals surface area (Å²) in [7, 11) is 4.67. The van der Waals surface area contributed by atoms with Crippen LogP contribution in [0.5, 0.6) is 17.2 Å². The van der Waals surface area contributed by atoms with E-state index < -0.39 is 0 Å². The van der Waals surface area contributed by atoms with Crippen molar-refractivity contribution >= 4 is 32.7 Å². The maximum absolute atomic E-state index is 13.7. The molecule has 0 aliphatic heterocycles. The van der Waals surface area contributed by atoms with Gasteiger partial charge < -0.3 is 19.9 Å². The van der Waals surface area contributed by atoms with Crippen molar-refractivity contribution in [3.05, 3.63) is 92.8 Å². The van der Waals surface area contributed by atoms with Crippen molar-refractivity contribution in [1.82, 2.24) is 19.5 Å². The van der Waals surface area contributed by atoms with Gasteiger partial charge in [0.15, 0.2) is 17.3 Å². The van der Waals surface area contributed by atoms with Gasteiger partial charge in [-0.15, -0.1) is 0 Å². The van der Waals surface area contributed by atoms with E-state index in [-0.39, 0.29) is 17.3 Å². The zero-order valence-electron chi connectivity index (χ0n) is 20.9. The van der Waals surface area contributed by atoms with E-state index in [0.717, 1.165) is 15.6 Å². The molecule has 0 atom stereocenters. The van der Waals surface area contributed by atoms with E-state index in [4.69, 9.17) is 24.9 Å². The van der Waals surface area contributed by atoms with Gasteiger partial charge in [-0.25, -0.2) is 14.5 Å². The van der Waals surface area contributed by atoms with E-state index in [1.54, 1.807) is 39.7 Å². The molecule has 5 rings (SSSR count). The minimum Gasteiger partial charge on any atom is -0.493 e. The lowest BCUT2D eigenvalue weighted by Crippen LogP contribution is -2.24. The largest absolute Gasteiger partial charge is 0.493 e. The highest BCUT2D eigenvalue weighted by molar-refractivity contribution is 9.10.